The van der Waals surface area contributed by atoms with Crippen LogP contribution < -0.4 is 5.73 Å². The van der Waals surface area contributed by atoms with E-state index in [0.29, 0.717) is 12.5 Å². The number of piperidine rings is 1. The van der Waals surface area contributed by atoms with Gasteiger partial charge in [-0.1, -0.05) is 22.0 Å². The number of rotatable bonds is 3. The van der Waals surface area contributed by atoms with Gasteiger partial charge in [0.15, 0.2) is 0 Å². The molecule has 0 saturated carbocycles. The van der Waals surface area contributed by atoms with Crippen LogP contribution in [-0.4, -0.2) is 30.4 Å². The van der Waals surface area contributed by atoms with Crippen molar-refractivity contribution in [2.45, 2.75) is 26.2 Å². The van der Waals surface area contributed by atoms with E-state index in [9.17, 15) is 4.79 Å². The molecule has 0 aromatic heterocycles. The number of likely N-dealkylation sites (tertiary alicyclic amines) is 1. The van der Waals surface area contributed by atoms with Crippen LogP contribution >= 0.6 is 28.3 Å². The number of hydrogen-bond donors (Lipinski definition) is 1. The number of hydrogen-bond acceptors (Lipinski definition) is 2. The van der Waals surface area contributed by atoms with Crippen molar-refractivity contribution in [2.75, 3.05) is 19.6 Å². The summed E-state index contributed by atoms with van der Waals surface area (Å²) in [4.78, 5) is 14.6. The third-order valence-corrected chi connectivity index (χ3v) is 4.30. The number of amides is 1. The quantitative estimate of drug-likeness (QED) is 0.897. The van der Waals surface area contributed by atoms with E-state index in [-0.39, 0.29) is 18.3 Å². The zero-order valence-electron chi connectivity index (χ0n) is 11.8. The standard InChI is InChI=1S/C15H21BrN2O.ClH/c1-11-4-5-13(16)9-14(11)15(19)18-8-2-3-12(10-18)6-7-17;/h4-5,9,12H,2-3,6-8,10,17H2,1H3;1H. The fourth-order valence-electron chi connectivity index (χ4n) is 2.72. The van der Waals surface area contributed by atoms with Gasteiger partial charge in [0, 0.05) is 23.1 Å². The SMILES string of the molecule is Cc1ccc(Br)cc1C(=O)N1CCCC(CCN)C1.Cl. The van der Waals surface area contributed by atoms with Crippen molar-refractivity contribution in [1.29, 1.82) is 0 Å². The van der Waals surface area contributed by atoms with E-state index in [2.05, 4.69) is 15.9 Å². The van der Waals surface area contributed by atoms with E-state index >= 15 is 0 Å². The number of benzene rings is 1. The third-order valence-electron chi connectivity index (χ3n) is 3.81. The van der Waals surface area contributed by atoms with Crippen LogP contribution in [0.3, 0.4) is 0 Å². The molecule has 1 amide bonds. The predicted molar refractivity (Wildman–Crippen MR) is 88.4 cm³/mol. The van der Waals surface area contributed by atoms with Gasteiger partial charge in [-0.2, -0.15) is 0 Å². The Labute approximate surface area is 135 Å². The summed E-state index contributed by atoms with van der Waals surface area (Å²) in [6.45, 7) is 4.41. The summed E-state index contributed by atoms with van der Waals surface area (Å²) in [5.74, 6) is 0.718. The minimum Gasteiger partial charge on any atom is -0.338 e. The lowest BCUT2D eigenvalue weighted by molar-refractivity contribution is 0.0668. The molecule has 1 unspecified atom stereocenters. The number of carbonyl (C=O) groups excluding carboxylic acids is 1. The number of nitrogens with two attached hydrogens (primary N) is 1. The zero-order valence-corrected chi connectivity index (χ0v) is 14.2. The van der Waals surface area contributed by atoms with Crippen molar-refractivity contribution in [3.05, 3.63) is 33.8 Å². The van der Waals surface area contributed by atoms with Crippen molar-refractivity contribution in [1.82, 2.24) is 4.90 Å². The second kappa shape index (κ2) is 8.01. The van der Waals surface area contributed by atoms with Gasteiger partial charge in [0.2, 0.25) is 0 Å². The van der Waals surface area contributed by atoms with E-state index in [1.807, 2.05) is 30.0 Å². The highest BCUT2D eigenvalue weighted by Gasteiger charge is 2.24. The number of halogens is 2. The second-order valence-corrected chi connectivity index (χ2v) is 6.21. The number of nitrogens with zero attached hydrogens (tertiary/aromatic N) is 1. The summed E-state index contributed by atoms with van der Waals surface area (Å²) in [6.07, 6.45) is 3.29. The Kier molecular flexibility index (Phi) is 7.00. The first-order valence-electron chi connectivity index (χ1n) is 6.87. The Morgan fingerprint density at radius 3 is 2.95 bits per heavy atom. The molecule has 112 valence electrons. The molecular formula is C15H22BrClN2O. The summed E-state index contributed by atoms with van der Waals surface area (Å²) in [7, 11) is 0. The Hall–Kier alpha value is -0.580. The molecule has 1 aromatic rings. The van der Waals surface area contributed by atoms with E-state index in [1.54, 1.807) is 0 Å². The molecule has 0 spiro atoms. The molecule has 3 nitrogen and oxygen atoms in total. The fraction of sp³-hybridized carbons (Fsp3) is 0.533. The van der Waals surface area contributed by atoms with Gasteiger partial charge >= 0.3 is 0 Å². The molecule has 2 N–H and O–H groups in total. The molecule has 1 fully saturated rings. The van der Waals surface area contributed by atoms with E-state index in [1.165, 1.54) is 6.42 Å². The molecule has 1 aliphatic heterocycles. The Morgan fingerprint density at radius 1 is 1.50 bits per heavy atom. The van der Waals surface area contributed by atoms with Crippen molar-refractivity contribution >= 4 is 34.2 Å². The van der Waals surface area contributed by atoms with Crippen molar-refractivity contribution in [3.8, 4) is 0 Å². The minimum absolute atomic E-state index is 0. The monoisotopic (exact) mass is 360 g/mol. The van der Waals surface area contributed by atoms with Crippen LogP contribution in [0.5, 0.6) is 0 Å². The summed E-state index contributed by atoms with van der Waals surface area (Å²) < 4.78 is 0.956. The smallest absolute Gasteiger partial charge is 0.254 e. The van der Waals surface area contributed by atoms with Gasteiger partial charge in [0.05, 0.1) is 0 Å². The maximum atomic E-state index is 12.6. The van der Waals surface area contributed by atoms with Gasteiger partial charge in [0.25, 0.3) is 5.91 Å². The van der Waals surface area contributed by atoms with E-state index in [0.717, 1.165) is 41.5 Å². The zero-order chi connectivity index (χ0) is 13.8. The lowest BCUT2D eigenvalue weighted by atomic mass is 9.94. The Morgan fingerprint density at radius 2 is 2.25 bits per heavy atom. The fourth-order valence-corrected chi connectivity index (χ4v) is 3.08. The second-order valence-electron chi connectivity index (χ2n) is 5.30. The maximum Gasteiger partial charge on any atom is 0.254 e. The van der Waals surface area contributed by atoms with Crippen LogP contribution in [0.25, 0.3) is 0 Å². The minimum atomic E-state index is 0. The van der Waals surface area contributed by atoms with Crippen molar-refractivity contribution < 1.29 is 4.79 Å². The lowest BCUT2D eigenvalue weighted by Gasteiger charge is -2.33. The Balaban J connectivity index is 0.00000200. The molecule has 5 heteroatoms. The highest BCUT2D eigenvalue weighted by molar-refractivity contribution is 9.10. The molecule has 0 radical (unpaired) electrons. The van der Waals surface area contributed by atoms with Crippen molar-refractivity contribution in [2.24, 2.45) is 11.7 Å². The van der Waals surface area contributed by atoms with Gasteiger partial charge in [0.1, 0.15) is 0 Å². The first kappa shape index (κ1) is 17.5. The molecule has 1 heterocycles. The molecule has 0 aliphatic carbocycles. The van der Waals surface area contributed by atoms with Crippen LogP contribution in [0.1, 0.15) is 35.2 Å². The normalized spacial score (nSPS) is 18.6. The largest absolute Gasteiger partial charge is 0.338 e. The van der Waals surface area contributed by atoms with Gasteiger partial charge in [-0.3, -0.25) is 4.79 Å². The van der Waals surface area contributed by atoms with Gasteiger partial charge < -0.3 is 10.6 Å². The summed E-state index contributed by atoms with van der Waals surface area (Å²) in [5.41, 5.74) is 7.47. The first-order valence-corrected chi connectivity index (χ1v) is 7.66. The van der Waals surface area contributed by atoms with Gasteiger partial charge in [-0.05, 0) is 56.3 Å². The molecule has 1 saturated heterocycles. The van der Waals surface area contributed by atoms with Crippen molar-refractivity contribution in [3.63, 3.8) is 0 Å². The lowest BCUT2D eigenvalue weighted by Crippen LogP contribution is -2.40. The number of carbonyl (C=O) groups is 1. The molecular weight excluding hydrogens is 340 g/mol. The molecule has 1 aliphatic rings. The highest BCUT2D eigenvalue weighted by Crippen LogP contribution is 2.23. The average molecular weight is 362 g/mol. The molecule has 20 heavy (non-hydrogen) atoms. The Bertz CT molecular complexity index is 465. The van der Waals surface area contributed by atoms with Gasteiger partial charge in [-0.15, -0.1) is 12.4 Å². The van der Waals surface area contributed by atoms with Crippen LogP contribution in [-0.2, 0) is 0 Å². The molecule has 1 aromatic carbocycles. The van der Waals surface area contributed by atoms with Crippen LogP contribution in [0.2, 0.25) is 0 Å². The first-order chi connectivity index (χ1) is 9.11. The summed E-state index contributed by atoms with van der Waals surface area (Å²) >= 11 is 3.44. The highest BCUT2D eigenvalue weighted by atomic mass is 79.9. The van der Waals surface area contributed by atoms with Crippen LogP contribution in [0.4, 0.5) is 0 Å². The molecule has 1 atom stereocenters. The molecule has 0 bridgehead atoms. The number of aryl methyl sites for hydroxylation is 1. The average Bonchev–Trinajstić information content (AvgIpc) is 2.41. The van der Waals surface area contributed by atoms with E-state index in [4.69, 9.17) is 5.73 Å². The maximum absolute atomic E-state index is 12.6. The third kappa shape index (κ3) is 4.21. The molecule has 2 rings (SSSR count). The van der Waals surface area contributed by atoms with Crippen LogP contribution in [0.15, 0.2) is 22.7 Å². The predicted octanol–water partition coefficient (Wildman–Crippen LogP) is 3.38. The summed E-state index contributed by atoms with van der Waals surface area (Å²) in [5, 5.41) is 0. The topological polar surface area (TPSA) is 46.3 Å². The summed E-state index contributed by atoms with van der Waals surface area (Å²) in [6, 6.07) is 5.88. The van der Waals surface area contributed by atoms with Gasteiger partial charge in [-0.25, -0.2) is 0 Å². The van der Waals surface area contributed by atoms with E-state index < -0.39 is 0 Å². The van der Waals surface area contributed by atoms with Crippen LogP contribution in [0, 0.1) is 12.8 Å².